The first-order valence-electron chi connectivity index (χ1n) is 6.00. The van der Waals surface area contributed by atoms with Gasteiger partial charge in [0.1, 0.15) is 11.6 Å². The van der Waals surface area contributed by atoms with Crippen LogP contribution in [0.25, 0.3) is 0 Å². The largest absolute Gasteiger partial charge is 0.372 e. The molecule has 0 spiro atoms. The topological polar surface area (TPSA) is 37.8 Å². The second-order valence-electron chi connectivity index (χ2n) is 5.75. The highest BCUT2D eigenvalue weighted by Crippen LogP contribution is 2.29. The Balaban J connectivity index is 3.29. The third kappa shape index (κ3) is 3.79. The Morgan fingerprint density at radius 2 is 1.82 bits per heavy atom. The van der Waals surface area contributed by atoms with E-state index in [1.54, 1.807) is 0 Å². The van der Waals surface area contributed by atoms with Crippen LogP contribution in [0.15, 0.2) is 0 Å². The average molecular weight is 347 g/mol. The molecule has 0 bridgehead atoms. The zero-order valence-corrected chi connectivity index (χ0v) is 13.7. The van der Waals surface area contributed by atoms with Gasteiger partial charge in [-0.05, 0) is 28.5 Å². The fourth-order valence-corrected chi connectivity index (χ4v) is 2.93. The smallest absolute Gasteiger partial charge is 0.143 e. The Hall–Kier alpha value is -0.390. The molecule has 17 heavy (non-hydrogen) atoms. The minimum absolute atomic E-state index is 0.0524. The van der Waals surface area contributed by atoms with E-state index in [4.69, 9.17) is 4.98 Å². The molecule has 0 aliphatic carbocycles. The standard InChI is InChI=1S/C13H22IN3/c1-8(2)7-9-16-11(13(3,4)5)10(14)12(15-6)17-9/h8H,7H2,1-6H3,(H,15,16,17). The summed E-state index contributed by atoms with van der Waals surface area (Å²) in [5.74, 6) is 2.46. The summed E-state index contributed by atoms with van der Waals surface area (Å²) < 4.78 is 1.13. The number of nitrogens with one attached hydrogen (secondary N) is 1. The summed E-state index contributed by atoms with van der Waals surface area (Å²) in [4.78, 5) is 9.31. The van der Waals surface area contributed by atoms with Crippen molar-refractivity contribution in [2.24, 2.45) is 5.92 Å². The average Bonchev–Trinajstić information content (AvgIpc) is 2.17. The monoisotopic (exact) mass is 347 g/mol. The molecule has 0 radical (unpaired) electrons. The molecule has 96 valence electrons. The molecule has 0 amide bonds. The van der Waals surface area contributed by atoms with Crippen LogP contribution in [0.3, 0.4) is 0 Å². The van der Waals surface area contributed by atoms with Crippen molar-refractivity contribution < 1.29 is 0 Å². The minimum atomic E-state index is 0.0524. The highest BCUT2D eigenvalue weighted by molar-refractivity contribution is 14.1. The van der Waals surface area contributed by atoms with Crippen LogP contribution in [0.1, 0.15) is 46.1 Å². The van der Waals surface area contributed by atoms with Crippen LogP contribution >= 0.6 is 22.6 Å². The Morgan fingerprint density at radius 3 is 2.24 bits per heavy atom. The van der Waals surface area contributed by atoms with E-state index >= 15 is 0 Å². The lowest BCUT2D eigenvalue weighted by Crippen LogP contribution is -2.19. The van der Waals surface area contributed by atoms with Crippen LogP contribution < -0.4 is 5.32 Å². The maximum atomic E-state index is 4.73. The van der Waals surface area contributed by atoms with Gasteiger partial charge in [-0.2, -0.15) is 0 Å². The summed E-state index contributed by atoms with van der Waals surface area (Å²) in [6, 6.07) is 0. The van der Waals surface area contributed by atoms with Gasteiger partial charge < -0.3 is 5.32 Å². The molecule has 4 heteroatoms. The number of hydrogen-bond acceptors (Lipinski definition) is 3. The van der Waals surface area contributed by atoms with E-state index in [1.807, 2.05) is 7.05 Å². The van der Waals surface area contributed by atoms with Crippen molar-refractivity contribution in [1.82, 2.24) is 9.97 Å². The summed E-state index contributed by atoms with van der Waals surface area (Å²) in [6.45, 7) is 11.0. The van der Waals surface area contributed by atoms with Gasteiger partial charge in [0.2, 0.25) is 0 Å². The third-order valence-electron chi connectivity index (χ3n) is 2.44. The molecule has 0 aliphatic rings. The zero-order chi connectivity index (χ0) is 13.2. The van der Waals surface area contributed by atoms with Gasteiger partial charge in [-0.3, -0.25) is 0 Å². The van der Waals surface area contributed by atoms with Crippen LogP contribution in [0.2, 0.25) is 0 Å². The molecule has 1 aromatic rings. The normalized spacial score (nSPS) is 12.0. The van der Waals surface area contributed by atoms with Crippen LogP contribution in [0.5, 0.6) is 0 Å². The summed E-state index contributed by atoms with van der Waals surface area (Å²) in [7, 11) is 1.91. The SMILES string of the molecule is CNc1nc(CC(C)C)nc(C(C)(C)C)c1I. The van der Waals surface area contributed by atoms with Crippen molar-refractivity contribution in [3.63, 3.8) is 0 Å². The molecule has 0 unspecified atom stereocenters. The van der Waals surface area contributed by atoms with E-state index in [9.17, 15) is 0 Å². The number of anilines is 1. The van der Waals surface area contributed by atoms with Gasteiger partial charge >= 0.3 is 0 Å². The van der Waals surface area contributed by atoms with E-state index in [1.165, 1.54) is 0 Å². The van der Waals surface area contributed by atoms with Gasteiger partial charge in [-0.25, -0.2) is 9.97 Å². The molecule has 1 rings (SSSR count). The minimum Gasteiger partial charge on any atom is -0.372 e. The first-order valence-corrected chi connectivity index (χ1v) is 7.08. The number of rotatable bonds is 3. The van der Waals surface area contributed by atoms with E-state index in [-0.39, 0.29) is 5.41 Å². The highest BCUT2D eigenvalue weighted by Gasteiger charge is 2.22. The molecule has 1 aromatic heterocycles. The summed E-state index contributed by atoms with van der Waals surface area (Å²) in [6.07, 6.45) is 0.925. The van der Waals surface area contributed by atoms with E-state index in [2.05, 4.69) is 67.5 Å². The highest BCUT2D eigenvalue weighted by atomic mass is 127. The predicted molar refractivity (Wildman–Crippen MR) is 81.5 cm³/mol. The first-order chi connectivity index (χ1) is 7.75. The van der Waals surface area contributed by atoms with Crippen LogP contribution in [-0.2, 0) is 11.8 Å². The van der Waals surface area contributed by atoms with Crippen LogP contribution in [0, 0.1) is 9.49 Å². The van der Waals surface area contributed by atoms with E-state index in [0.29, 0.717) is 5.92 Å². The van der Waals surface area contributed by atoms with E-state index in [0.717, 1.165) is 27.3 Å². The quantitative estimate of drug-likeness (QED) is 0.849. The Bertz CT molecular complexity index is 394. The molecule has 0 saturated heterocycles. The van der Waals surface area contributed by atoms with Crippen molar-refractivity contribution in [2.75, 3.05) is 12.4 Å². The van der Waals surface area contributed by atoms with Gasteiger partial charge in [0, 0.05) is 18.9 Å². The maximum absolute atomic E-state index is 4.73. The number of halogens is 1. The molecular formula is C13H22IN3. The molecule has 0 fully saturated rings. The van der Waals surface area contributed by atoms with Gasteiger partial charge in [0.15, 0.2) is 0 Å². The molecule has 1 N–H and O–H groups in total. The van der Waals surface area contributed by atoms with Gasteiger partial charge in [0.05, 0.1) is 9.26 Å². The van der Waals surface area contributed by atoms with Crippen LogP contribution in [-0.4, -0.2) is 17.0 Å². The molecule has 0 aromatic carbocycles. The second kappa shape index (κ2) is 5.50. The third-order valence-corrected chi connectivity index (χ3v) is 3.46. The van der Waals surface area contributed by atoms with Crippen molar-refractivity contribution in [3.05, 3.63) is 15.1 Å². The van der Waals surface area contributed by atoms with Gasteiger partial charge in [-0.1, -0.05) is 34.6 Å². The van der Waals surface area contributed by atoms with Gasteiger partial charge in [-0.15, -0.1) is 0 Å². The maximum Gasteiger partial charge on any atom is 0.143 e. The second-order valence-corrected chi connectivity index (χ2v) is 6.83. The van der Waals surface area contributed by atoms with E-state index < -0.39 is 0 Å². The fraction of sp³-hybridized carbons (Fsp3) is 0.692. The first kappa shape index (κ1) is 14.7. The lowest BCUT2D eigenvalue weighted by Gasteiger charge is -2.22. The molecule has 0 atom stereocenters. The molecule has 3 nitrogen and oxygen atoms in total. The van der Waals surface area contributed by atoms with Gasteiger partial charge in [0.25, 0.3) is 0 Å². The lowest BCUT2D eigenvalue weighted by molar-refractivity contribution is 0.547. The molecule has 1 heterocycles. The fourth-order valence-electron chi connectivity index (χ4n) is 1.61. The number of aromatic nitrogens is 2. The molecular weight excluding hydrogens is 325 g/mol. The zero-order valence-electron chi connectivity index (χ0n) is 11.6. The molecule has 0 saturated carbocycles. The molecule has 0 aliphatic heterocycles. The Kier molecular flexibility index (Phi) is 4.75. The van der Waals surface area contributed by atoms with Crippen molar-refractivity contribution >= 4 is 28.4 Å². The Morgan fingerprint density at radius 1 is 1.24 bits per heavy atom. The number of hydrogen-bond donors (Lipinski definition) is 1. The number of nitrogens with zero attached hydrogens (tertiary/aromatic N) is 2. The lowest BCUT2D eigenvalue weighted by atomic mass is 9.91. The predicted octanol–water partition coefficient (Wildman–Crippen LogP) is 3.62. The summed E-state index contributed by atoms with van der Waals surface area (Å²) in [5.41, 5.74) is 1.18. The van der Waals surface area contributed by atoms with Crippen molar-refractivity contribution in [3.8, 4) is 0 Å². The summed E-state index contributed by atoms with van der Waals surface area (Å²) >= 11 is 2.33. The van der Waals surface area contributed by atoms with Crippen molar-refractivity contribution in [2.45, 2.75) is 46.5 Å². The Labute approximate surface area is 118 Å². The van der Waals surface area contributed by atoms with Crippen LogP contribution in [0.4, 0.5) is 5.82 Å². The van der Waals surface area contributed by atoms with Crippen molar-refractivity contribution in [1.29, 1.82) is 0 Å². The summed E-state index contributed by atoms with van der Waals surface area (Å²) in [5, 5.41) is 3.16.